The topological polar surface area (TPSA) is 29.1 Å². The summed E-state index contributed by atoms with van der Waals surface area (Å²) in [6.07, 6.45) is 0.969. The van der Waals surface area contributed by atoms with Gasteiger partial charge in [-0.2, -0.15) is 0 Å². The number of rotatable bonds is 2. The first kappa shape index (κ1) is 12.2. The smallest absolute Gasteiger partial charge is 0.221 e. The third kappa shape index (κ3) is 3.06. The van der Waals surface area contributed by atoms with Crippen LogP contribution in [0.3, 0.4) is 0 Å². The first-order valence-electron chi connectivity index (χ1n) is 5.25. The van der Waals surface area contributed by atoms with Crippen LogP contribution in [0.5, 0.6) is 0 Å². The normalized spacial score (nSPS) is 11.5. The molecule has 1 amide bonds. The van der Waals surface area contributed by atoms with E-state index in [0.717, 1.165) is 12.1 Å². The van der Waals surface area contributed by atoms with Gasteiger partial charge in [-0.1, -0.05) is 27.7 Å². The van der Waals surface area contributed by atoms with E-state index in [1.807, 2.05) is 0 Å². The van der Waals surface area contributed by atoms with Crippen molar-refractivity contribution in [3.63, 3.8) is 0 Å². The number of aryl methyl sites for hydroxylation is 1. The molecular formula is C12H19NOS. The van der Waals surface area contributed by atoms with Crippen molar-refractivity contribution in [2.24, 2.45) is 0 Å². The maximum atomic E-state index is 11.0. The van der Waals surface area contributed by atoms with Crippen molar-refractivity contribution in [1.82, 2.24) is 0 Å². The Kier molecular flexibility index (Phi) is 3.55. The largest absolute Gasteiger partial charge is 0.325 e. The van der Waals surface area contributed by atoms with Gasteiger partial charge in [-0.05, 0) is 17.9 Å². The van der Waals surface area contributed by atoms with Gasteiger partial charge in [0, 0.05) is 16.7 Å². The van der Waals surface area contributed by atoms with Crippen LogP contribution in [-0.2, 0) is 16.6 Å². The van der Waals surface area contributed by atoms with Crippen molar-refractivity contribution in [2.45, 2.75) is 46.5 Å². The van der Waals surface area contributed by atoms with Gasteiger partial charge in [-0.25, -0.2) is 0 Å². The van der Waals surface area contributed by atoms with Crippen LogP contribution in [0, 0.1) is 0 Å². The van der Waals surface area contributed by atoms with Crippen molar-refractivity contribution in [1.29, 1.82) is 0 Å². The predicted octanol–water partition coefficient (Wildman–Crippen LogP) is 3.57. The average molecular weight is 225 g/mol. The van der Waals surface area contributed by atoms with Crippen LogP contribution >= 0.6 is 11.3 Å². The summed E-state index contributed by atoms with van der Waals surface area (Å²) in [5.41, 5.74) is 1.14. The number of thiophene rings is 1. The number of nitrogens with one attached hydrogen (secondary N) is 1. The van der Waals surface area contributed by atoms with Crippen LogP contribution in [0.15, 0.2) is 6.07 Å². The van der Waals surface area contributed by atoms with E-state index in [4.69, 9.17) is 0 Å². The number of anilines is 1. The summed E-state index contributed by atoms with van der Waals surface area (Å²) >= 11 is 1.79. The Hall–Kier alpha value is -0.830. The maximum absolute atomic E-state index is 11.0. The number of carbonyl (C=O) groups excluding carboxylic acids is 1. The van der Waals surface area contributed by atoms with Crippen LogP contribution in [0.1, 0.15) is 44.4 Å². The van der Waals surface area contributed by atoms with Crippen molar-refractivity contribution >= 4 is 22.9 Å². The van der Waals surface area contributed by atoms with Gasteiger partial charge >= 0.3 is 0 Å². The molecule has 1 heterocycles. The van der Waals surface area contributed by atoms with Crippen molar-refractivity contribution < 1.29 is 4.79 Å². The van der Waals surface area contributed by atoms with E-state index in [0.29, 0.717) is 0 Å². The highest BCUT2D eigenvalue weighted by molar-refractivity contribution is 7.12. The number of carbonyl (C=O) groups is 1. The average Bonchev–Trinajstić information content (AvgIpc) is 2.45. The standard InChI is InChI=1S/C12H19NOS/c1-6-10-9(13-8(2)14)7-11(15-10)12(3,4)5/h7H,6H2,1-5H3,(H,13,14). The molecule has 2 nitrogen and oxygen atoms in total. The Morgan fingerprint density at radius 1 is 1.47 bits per heavy atom. The summed E-state index contributed by atoms with van der Waals surface area (Å²) in [5, 5.41) is 2.89. The second-order valence-electron chi connectivity index (χ2n) is 4.73. The summed E-state index contributed by atoms with van der Waals surface area (Å²) in [6.45, 7) is 10.2. The van der Waals surface area contributed by atoms with E-state index in [1.54, 1.807) is 18.3 Å². The Morgan fingerprint density at radius 3 is 2.47 bits per heavy atom. The molecule has 1 N–H and O–H groups in total. The minimum absolute atomic E-state index is 0.00274. The zero-order valence-corrected chi connectivity index (χ0v) is 10.9. The van der Waals surface area contributed by atoms with Gasteiger partial charge in [-0.3, -0.25) is 4.79 Å². The second kappa shape index (κ2) is 4.35. The molecule has 0 bridgehead atoms. The summed E-state index contributed by atoms with van der Waals surface area (Å²) in [5.74, 6) is 0.00274. The first-order chi connectivity index (χ1) is 6.84. The summed E-state index contributed by atoms with van der Waals surface area (Å²) < 4.78 is 0. The molecule has 1 aromatic heterocycles. The fraction of sp³-hybridized carbons (Fsp3) is 0.583. The molecule has 0 aliphatic carbocycles. The maximum Gasteiger partial charge on any atom is 0.221 e. The summed E-state index contributed by atoms with van der Waals surface area (Å²) in [7, 11) is 0. The second-order valence-corrected chi connectivity index (χ2v) is 5.87. The minimum Gasteiger partial charge on any atom is -0.325 e. The van der Waals surface area contributed by atoms with Crippen LogP contribution in [0.4, 0.5) is 5.69 Å². The van der Waals surface area contributed by atoms with Crippen LogP contribution in [0.25, 0.3) is 0 Å². The highest BCUT2D eigenvalue weighted by Crippen LogP contribution is 2.35. The monoisotopic (exact) mass is 225 g/mol. The molecule has 0 atom stereocenters. The van der Waals surface area contributed by atoms with Crippen molar-refractivity contribution in [3.8, 4) is 0 Å². The molecule has 0 unspecified atom stereocenters. The van der Waals surface area contributed by atoms with E-state index in [-0.39, 0.29) is 11.3 Å². The minimum atomic E-state index is 0.00274. The lowest BCUT2D eigenvalue weighted by molar-refractivity contribution is -0.114. The fourth-order valence-electron chi connectivity index (χ4n) is 1.36. The summed E-state index contributed by atoms with van der Waals surface area (Å²) in [6, 6.07) is 2.10. The molecule has 0 saturated heterocycles. The van der Waals surface area contributed by atoms with E-state index in [1.165, 1.54) is 9.75 Å². The predicted molar refractivity (Wildman–Crippen MR) is 66.7 cm³/mol. The van der Waals surface area contributed by atoms with E-state index < -0.39 is 0 Å². The molecule has 0 aliphatic rings. The molecule has 3 heteroatoms. The Bertz CT molecular complexity index is 360. The summed E-state index contributed by atoms with van der Waals surface area (Å²) in [4.78, 5) is 13.6. The lowest BCUT2D eigenvalue weighted by Crippen LogP contribution is -2.09. The van der Waals surface area contributed by atoms with Gasteiger partial charge in [0.2, 0.25) is 5.91 Å². The fourth-order valence-corrected chi connectivity index (χ4v) is 2.47. The first-order valence-corrected chi connectivity index (χ1v) is 6.07. The number of hydrogen-bond acceptors (Lipinski definition) is 2. The molecular weight excluding hydrogens is 206 g/mol. The van der Waals surface area contributed by atoms with Gasteiger partial charge in [0.15, 0.2) is 0 Å². The van der Waals surface area contributed by atoms with E-state index >= 15 is 0 Å². The van der Waals surface area contributed by atoms with Crippen LogP contribution in [0.2, 0.25) is 0 Å². The molecule has 0 saturated carbocycles. The lowest BCUT2D eigenvalue weighted by atomic mass is 9.94. The van der Waals surface area contributed by atoms with E-state index in [2.05, 4.69) is 39.1 Å². The quantitative estimate of drug-likeness (QED) is 0.819. The molecule has 0 aromatic carbocycles. The lowest BCUT2D eigenvalue weighted by Gasteiger charge is -2.15. The SMILES string of the molecule is CCc1sc(C(C)(C)C)cc1NC(C)=O. The van der Waals surface area contributed by atoms with Gasteiger partial charge < -0.3 is 5.32 Å². The third-order valence-corrected chi connectivity index (χ3v) is 3.89. The molecule has 0 fully saturated rings. The number of hydrogen-bond donors (Lipinski definition) is 1. The molecule has 0 aliphatic heterocycles. The number of amides is 1. The Morgan fingerprint density at radius 2 is 2.07 bits per heavy atom. The zero-order chi connectivity index (χ0) is 11.6. The molecule has 1 aromatic rings. The van der Waals surface area contributed by atoms with Crippen molar-refractivity contribution in [3.05, 3.63) is 15.8 Å². The van der Waals surface area contributed by atoms with Gasteiger partial charge in [0.25, 0.3) is 0 Å². The molecule has 15 heavy (non-hydrogen) atoms. The highest BCUT2D eigenvalue weighted by atomic mass is 32.1. The highest BCUT2D eigenvalue weighted by Gasteiger charge is 2.19. The molecule has 0 radical (unpaired) electrons. The third-order valence-electron chi connectivity index (χ3n) is 2.18. The van der Waals surface area contributed by atoms with Crippen LogP contribution in [-0.4, -0.2) is 5.91 Å². The Labute approximate surface area is 95.7 Å². The molecule has 0 spiro atoms. The molecule has 84 valence electrons. The van der Waals surface area contributed by atoms with Crippen molar-refractivity contribution in [2.75, 3.05) is 5.32 Å². The Balaban J connectivity index is 3.06. The molecule has 1 rings (SSSR count). The van der Waals surface area contributed by atoms with Gasteiger partial charge in [0.1, 0.15) is 0 Å². The van der Waals surface area contributed by atoms with Gasteiger partial charge in [0.05, 0.1) is 5.69 Å². The van der Waals surface area contributed by atoms with Crippen LogP contribution < -0.4 is 5.32 Å². The zero-order valence-electron chi connectivity index (χ0n) is 10.1. The van der Waals surface area contributed by atoms with E-state index in [9.17, 15) is 4.79 Å². The van der Waals surface area contributed by atoms with Gasteiger partial charge in [-0.15, -0.1) is 11.3 Å².